The standard InChI is InChI=1S/C8H6Cl2F2O2/c9-5-1-4(3-13)2-6(10)7(5)14-8(11)12/h1-2,8,13H,3H2. The van der Waals surface area contributed by atoms with Gasteiger partial charge >= 0.3 is 6.61 Å². The van der Waals surface area contributed by atoms with Crippen molar-refractivity contribution < 1.29 is 18.6 Å². The highest BCUT2D eigenvalue weighted by Gasteiger charge is 2.13. The van der Waals surface area contributed by atoms with Gasteiger partial charge in [-0.2, -0.15) is 8.78 Å². The summed E-state index contributed by atoms with van der Waals surface area (Å²) in [6.07, 6.45) is 0. The second-order valence-electron chi connectivity index (χ2n) is 2.43. The molecule has 0 spiro atoms. The molecule has 1 rings (SSSR count). The Balaban J connectivity index is 3.05. The van der Waals surface area contributed by atoms with Crippen molar-refractivity contribution in [3.63, 3.8) is 0 Å². The minimum atomic E-state index is -2.98. The van der Waals surface area contributed by atoms with E-state index in [1.807, 2.05) is 0 Å². The van der Waals surface area contributed by atoms with Gasteiger partial charge in [0.1, 0.15) is 0 Å². The van der Waals surface area contributed by atoms with Gasteiger partial charge in [-0.3, -0.25) is 0 Å². The molecule has 1 aromatic carbocycles. The minimum Gasteiger partial charge on any atom is -0.432 e. The fourth-order valence-corrected chi connectivity index (χ4v) is 1.53. The predicted octanol–water partition coefficient (Wildman–Crippen LogP) is 3.09. The Hall–Kier alpha value is -0.580. The minimum absolute atomic E-state index is 0.0538. The highest BCUT2D eigenvalue weighted by atomic mass is 35.5. The molecule has 0 fully saturated rings. The van der Waals surface area contributed by atoms with Gasteiger partial charge in [0, 0.05) is 0 Å². The molecule has 0 aromatic heterocycles. The molecule has 0 heterocycles. The Morgan fingerprint density at radius 1 is 1.29 bits per heavy atom. The molecule has 0 bridgehead atoms. The first-order valence-corrected chi connectivity index (χ1v) is 4.33. The molecule has 6 heteroatoms. The molecule has 0 aliphatic carbocycles. The molecule has 0 saturated heterocycles. The summed E-state index contributed by atoms with van der Waals surface area (Å²) < 4.78 is 27.8. The number of hydrogen-bond acceptors (Lipinski definition) is 2. The van der Waals surface area contributed by atoms with Crippen molar-refractivity contribution in [2.45, 2.75) is 13.2 Å². The van der Waals surface area contributed by atoms with Crippen LogP contribution in [0.2, 0.25) is 10.0 Å². The second kappa shape index (κ2) is 4.77. The van der Waals surface area contributed by atoms with E-state index in [0.29, 0.717) is 5.56 Å². The van der Waals surface area contributed by atoms with E-state index in [1.165, 1.54) is 12.1 Å². The number of benzene rings is 1. The molecule has 2 nitrogen and oxygen atoms in total. The number of aliphatic hydroxyl groups is 1. The number of halogens is 4. The molecule has 0 unspecified atom stereocenters. The van der Waals surface area contributed by atoms with Crippen molar-refractivity contribution in [2.24, 2.45) is 0 Å². The van der Waals surface area contributed by atoms with E-state index in [9.17, 15) is 8.78 Å². The van der Waals surface area contributed by atoms with E-state index < -0.39 is 6.61 Å². The van der Waals surface area contributed by atoms with Gasteiger partial charge in [0.15, 0.2) is 5.75 Å². The first kappa shape index (κ1) is 11.5. The van der Waals surface area contributed by atoms with Gasteiger partial charge in [0.05, 0.1) is 16.7 Å². The zero-order valence-electron chi connectivity index (χ0n) is 6.81. The van der Waals surface area contributed by atoms with Crippen LogP contribution >= 0.6 is 23.2 Å². The molecule has 0 amide bonds. The predicted molar refractivity (Wildman–Crippen MR) is 49.0 cm³/mol. The normalized spacial score (nSPS) is 10.7. The molecule has 14 heavy (non-hydrogen) atoms. The van der Waals surface area contributed by atoms with Crippen molar-refractivity contribution >= 4 is 23.2 Å². The van der Waals surface area contributed by atoms with Crippen LogP contribution in [0.5, 0.6) is 5.75 Å². The van der Waals surface area contributed by atoms with E-state index in [1.54, 1.807) is 0 Å². The number of aliphatic hydroxyl groups excluding tert-OH is 1. The van der Waals surface area contributed by atoms with Crippen LogP contribution in [-0.4, -0.2) is 11.7 Å². The monoisotopic (exact) mass is 242 g/mol. The summed E-state index contributed by atoms with van der Waals surface area (Å²) in [4.78, 5) is 0. The highest BCUT2D eigenvalue weighted by molar-refractivity contribution is 6.37. The van der Waals surface area contributed by atoms with Crippen LogP contribution in [0, 0.1) is 0 Å². The van der Waals surface area contributed by atoms with E-state index in [-0.39, 0.29) is 22.4 Å². The summed E-state index contributed by atoms with van der Waals surface area (Å²) in [5, 5.41) is 8.65. The second-order valence-corrected chi connectivity index (χ2v) is 3.24. The number of rotatable bonds is 3. The summed E-state index contributed by atoms with van der Waals surface area (Å²) in [7, 11) is 0. The van der Waals surface area contributed by atoms with Gasteiger partial charge in [-0.1, -0.05) is 23.2 Å². The van der Waals surface area contributed by atoms with Crippen molar-refractivity contribution in [3.05, 3.63) is 27.7 Å². The summed E-state index contributed by atoms with van der Waals surface area (Å²) in [5.74, 6) is -0.277. The zero-order valence-corrected chi connectivity index (χ0v) is 8.32. The molecule has 78 valence electrons. The van der Waals surface area contributed by atoms with Crippen molar-refractivity contribution in [2.75, 3.05) is 0 Å². The Bertz CT molecular complexity index is 308. The van der Waals surface area contributed by atoms with E-state index >= 15 is 0 Å². The molecular weight excluding hydrogens is 237 g/mol. The Morgan fingerprint density at radius 3 is 2.14 bits per heavy atom. The largest absolute Gasteiger partial charge is 0.432 e. The van der Waals surface area contributed by atoms with E-state index in [0.717, 1.165) is 0 Å². The molecule has 0 aliphatic heterocycles. The average molecular weight is 243 g/mol. The highest BCUT2D eigenvalue weighted by Crippen LogP contribution is 2.35. The Labute approximate surface area is 89.0 Å². The quantitative estimate of drug-likeness (QED) is 0.883. The lowest BCUT2D eigenvalue weighted by Crippen LogP contribution is -2.03. The summed E-state index contributed by atoms with van der Waals surface area (Å²) in [5.41, 5.74) is 0.432. The lowest BCUT2D eigenvalue weighted by atomic mass is 10.2. The van der Waals surface area contributed by atoms with Crippen LogP contribution in [0.15, 0.2) is 12.1 Å². The summed E-state index contributed by atoms with van der Waals surface area (Å²) in [6.45, 7) is -3.25. The third-order valence-electron chi connectivity index (χ3n) is 1.45. The topological polar surface area (TPSA) is 29.5 Å². The van der Waals surface area contributed by atoms with Crippen LogP contribution in [-0.2, 0) is 6.61 Å². The Kier molecular flexibility index (Phi) is 3.92. The summed E-state index contributed by atoms with van der Waals surface area (Å²) in [6, 6.07) is 2.62. The fraction of sp³-hybridized carbons (Fsp3) is 0.250. The van der Waals surface area contributed by atoms with Crippen LogP contribution in [0.4, 0.5) is 8.78 Å². The first-order chi connectivity index (χ1) is 6.54. The molecular formula is C8H6Cl2F2O2. The SMILES string of the molecule is OCc1cc(Cl)c(OC(F)F)c(Cl)c1. The zero-order chi connectivity index (χ0) is 10.7. The number of alkyl halides is 2. The van der Waals surface area contributed by atoms with Crippen molar-refractivity contribution in [1.82, 2.24) is 0 Å². The fourth-order valence-electron chi connectivity index (χ4n) is 0.905. The van der Waals surface area contributed by atoms with Gasteiger partial charge < -0.3 is 9.84 Å². The lowest BCUT2D eigenvalue weighted by molar-refractivity contribution is -0.0497. The van der Waals surface area contributed by atoms with Crippen LogP contribution in [0.1, 0.15) is 5.56 Å². The maximum Gasteiger partial charge on any atom is 0.387 e. The van der Waals surface area contributed by atoms with E-state index in [2.05, 4.69) is 4.74 Å². The molecule has 0 aliphatic rings. The summed E-state index contributed by atoms with van der Waals surface area (Å²) >= 11 is 11.2. The molecule has 1 N–H and O–H groups in total. The van der Waals surface area contributed by atoms with E-state index in [4.69, 9.17) is 28.3 Å². The third kappa shape index (κ3) is 2.70. The van der Waals surface area contributed by atoms with Gasteiger partial charge in [-0.25, -0.2) is 0 Å². The van der Waals surface area contributed by atoms with Crippen LogP contribution in [0.3, 0.4) is 0 Å². The van der Waals surface area contributed by atoms with Crippen molar-refractivity contribution in [3.8, 4) is 5.75 Å². The molecule has 1 aromatic rings. The molecule has 0 radical (unpaired) electrons. The van der Waals surface area contributed by atoms with Gasteiger partial charge in [0.2, 0.25) is 0 Å². The number of ether oxygens (including phenoxy) is 1. The first-order valence-electron chi connectivity index (χ1n) is 3.58. The maximum atomic E-state index is 11.9. The average Bonchev–Trinajstić information content (AvgIpc) is 2.10. The van der Waals surface area contributed by atoms with Gasteiger partial charge in [-0.15, -0.1) is 0 Å². The van der Waals surface area contributed by atoms with Crippen LogP contribution in [0.25, 0.3) is 0 Å². The maximum absolute atomic E-state index is 11.9. The molecule has 0 saturated carbocycles. The van der Waals surface area contributed by atoms with Crippen molar-refractivity contribution in [1.29, 1.82) is 0 Å². The van der Waals surface area contributed by atoms with Gasteiger partial charge in [0.25, 0.3) is 0 Å². The Morgan fingerprint density at radius 2 is 1.79 bits per heavy atom. The van der Waals surface area contributed by atoms with Crippen LogP contribution < -0.4 is 4.74 Å². The number of hydrogen-bond donors (Lipinski definition) is 1. The van der Waals surface area contributed by atoms with Gasteiger partial charge in [-0.05, 0) is 17.7 Å². The molecule has 0 atom stereocenters. The lowest BCUT2D eigenvalue weighted by Gasteiger charge is -2.09. The smallest absolute Gasteiger partial charge is 0.387 e. The third-order valence-corrected chi connectivity index (χ3v) is 2.01.